The zero-order valence-electron chi connectivity index (χ0n) is 14.4. The first-order valence-electron chi connectivity index (χ1n) is 8.59. The molecule has 2 heterocycles. The predicted molar refractivity (Wildman–Crippen MR) is 87.4 cm³/mol. The molecule has 2 amide bonds. The zero-order chi connectivity index (χ0) is 16.3. The van der Waals surface area contributed by atoms with E-state index in [0.717, 1.165) is 38.8 Å². The number of likely N-dealkylation sites (tertiary alicyclic amines) is 1. The highest BCUT2D eigenvalue weighted by Gasteiger charge is 2.36. The second kappa shape index (κ2) is 6.99. The molecule has 0 aromatic carbocycles. The highest BCUT2D eigenvalue weighted by molar-refractivity contribution is 5.88. The highest BCUT2D eigenvalue weighted by atomic mass is 16.2. The number of carbonyl (C=O) groups is 2. The van der Waals surface area contributed by atoms with Crippen LogP contribution in [0.3, 0.4) is 0 Å². The van der Waals surface area contributed by atoms with Crippen molar-refractivity contribution in [3.8, 4) is 0 Å². The number of amides is 2. The van der Waals surface area contributed by atoms with Gasteiger partial charge in [-0.25, -0.2) is 0 Å². The van der Waals surface area contributed by atoms with Crippen molar-refractivity contribution in [1.82, 2.24) is 15.5 Å². The van der Waals surface area contributed by atoms with Crippen molar-refractivity contribution in [1.29, 1.82) is 0 Å². The molecule has 3 atom stereocenters. The minimum atomic E-state index is -0.264. The van der Waals surface area contributed by atoms with E-state index in [-0.39, 0.29) is 29.3 Å². The largest absolute Gasteiger partial charge is 0.351 e. The van der Waals surface area contributed by atoms with Crippen molar-refractivity contribution in [2.24, 2.45) is 5.41 Å². The van der Waals surface area contributed by atoms with Gasteiger partial charge in [0.25, 0.3) is 0 Å². The molecule has 0 bridgehead atoms. The Morgan fingerprint density at radius 2 is 2.00 bits per heavy atom. The Hall–Kier alpha value is -1.10. The molecule has 22 heavy (non-hydrogen) atoms. The fourth-order valence-corrected chi connectivity index (χ4v) is 3.45. The standard InChI is InChI=1S/C17H31N3O2/c1-12-10-13(7-8-18-12)19-16(22)14-6-5-9-20(14)15(21)11-17(2,3)4/h12-14,18H,5-11H2,1-4H3,(H,19,22). The maximum atomic E-state index is 12.6. The van der Waals surface area contributed by atoms with E-state index in [1.807, 2.05) is 0 Å². The van der Waals surface area contributed by atoms with Crippen molar-refractivity contribution in [3.05, 3.63) is 0 Å². The summed E-state index contributed by atoms with van der Waals surface area (Å²) in [4.78, 5) is 26.8. The Labute approximate surface area is 134 Å². The van der Waals surface area contributed by atoms with Crippen molar-refractivity contribution in [3.63, 3.8) is 0 Å². The lowest BCUT2D eigenvalue weighted by Crippen LogP contribution is -2.52. The van der Waals surface area contributed by atoms with Gasteiger partial charge in [0.15, 0.2) is 0 Å². The normalized spacial score (nSPS) is 29.5. The van der Waals surface area contributed by atoms with Crippen molar-refractivity contribution in [2.75, 3.05) is 13.1 Å². The van der Waals surface area contributed by atoms with Gasteiger partial charge in [-0.2, -0.15) is 0 Å². The van der Waals surface area contributed by atoms with E-state index in [1.165, 1.54) is 0 Å². The summed E-state index contributed by atoms with van der Waals surface area (Å²) in [5.41, 5.74) is -0.0365. The maximum Gasteiger partial charge on any atom is 0.243 e. The van der Waals surface area contributed by atoms with Crippen LogP contribution < -0.4 is 10.6 Å². The summed E-state index contributed by atoms with van der Waals surface area (Å²) in [6.07, 6.45) is 4.16. The molecule has 0 radical (unpaired) electrons. The zero-order valence-corrected chi connectivity index (χ0v) is 14.4. The fourth-order valence-electron chi connectivity index (χ4n) is 3.45. The summed E-state index contributed by atoms with van der Waals surface area (Å²) < 4.78 is 0. The molecular formula is C17H31N3O2. The predicted octanol–water partition coefficient (Wildman–Crippen LogP) is 1.67. The van der Waals surface area contributed by atoms with Gasteiger partial charge in [-0.05, 0) is 44.6 Å². The summed E-state index contributed by atoms with van der Waals surface area (Å²) >= 11 is 0. The SMILES string of the molecule is CC1CC(NC(=O)C2CCCN2C(=O)CC(C)(C)C)CCN1. The monoisotopic (exact) mass is 309 g/mol. The number of nitrogens with zero attached hydrogens (tertiary/aromatic N) is 1. The molecule has 2 saturated heterocycles. The molecule has 0 aromatic rings. The molecule has 0 aromatic heterocycles. The molecule has 5 nitrogen and oxygen atoms in total. The average Bonchev–Trinajstić information content (AvgIpc) is 2.85. The number of nitrogens with one attached hydrogen (secondary N) is 2. The van der Waals surface area contributed by atoms with Crippen LogP contribution in [0.2, 0.25) is 0 Å². The van der Waals surface area contributed by atoms with Gasteiger partial charge in [-0.15, -0.1) is 0 Å². The number of carbonyl (C=O) groups excluding carboxylic acids is 2. The average molecular weight is 309 g/mol. The van der Waals surface area contributed by atoms with Crippen LogP contribution in [0.25, 0.3) is 0 Å². The van der Waals surface area contributed by atoms with Crippen molar-refractivity contribution < 1.29 is 9.59 Å². The van der Waals surface area contributed by atoms with E-state index >= 15 is 0 Å². The van der Waals surface area contributed by atoms with Crippen LogP contribution in [0.15, 0.2) is 0 Å². The summed E-state index contributed by atoms with van der Waals surface area (Å²) in [5.74, 6) is 0.155. The van der Waals surface area contributed by atoms with Gasteiger partial charge in [0.05, 0.1) is 0 Å². The minimum absolute atomic E-state index is 0.0365. The van der Waals surface area contributed by atoms with E-state index in [1.54, 1.807) is 4.90 Å². The summed E-state index contributed by atoms with van der Waals surface area (Å²) in [7, 11) is 0. The summed E-state index contributed by atoms with van der Waals surface area (Å²) in [6, 6.07) is 0.421. The lowest BCUT2D eigenvalue weighted by atomic mass is 9.91. The van der Waals surface area contributed by atoms with Crippen LogP contribution in [0.4, 0.5) is 0 Å². The molecule has 2 fully saturated rings. The molecule has 3 unspecified atom stereocenters. The Morgan fingerprint density at radius 1 is 1.27 bits per heavy atom. The van der Waals surface area contributed by atoms with Crippen LogP contribution >= 0.6 is 0 Å². The molecule has 5 heteroatoms. The van der Waals surface area contributed by atoms with E-state index in [4.69, 9.17) is 0 Å². The Balaban J connectivity index is 1.92. The lowest BCUT2D eigenvalue weighted by Gasteiger charge is -2.32. The quantitative estimate of drug-likeness (QED) is 0.833. The summed E-state index contributed by atoms with van der Waals surface area (Å²) in [6.45, 7) is 10.00. The Bertz CT molecular complexity index is 417. The van der Waals surface area contributed by atoms with Gasteiger partial charge in [0.1, 0.15) is 6.04 Å². The minimum Gasteiger partial charge on any atom is -0.351 e. The van der Waals surface area contributed by atoms with Crippen molar-refractivity contribution >= 4 is 11.8 Å². The lowest BCUT2D eigenvalue weighted by molar-refractivity contribution is -0.140. The maximum absolute atomic E-state index is 12.6. The van der Waals surface area contributed by atoms with E-state index in [9.17, 15) is 9.59 Å². The number of hydrogen-bond acceptors (Lipinski definition) is 3. The topological polar surface area (TPSA) is 61.4 Å². The molecule has 0 saturated carbocycles. The van der Waals surface area contributed by atoms with E-state index in [0.29, 0.717) is 12.5 Å². The smallest absolute Gasteiger partial charge is 0.243 e. The van der Waals surface area contributed by atoms with Gasteiger partial charge in [0.2, 0.25) is 11.8 Å². The number of hydrogen-bond donors (Lipinski definition) is 2. The highest BCUT2D eigenvalue weighted by Crippen LogP contribution is 2.25. The van der Waals surface area contributed by atoms with Crippen LogP contribution in [-0.2, 0) is 9.59 Å². The first-order chi connectivity index (χ1) is 10.3. The van der Waals surface area contributed by atoms with Crippen LogP contribution in [0.1, 0.15) is 59.8 Å². The Kier molecular flexibility index (Phi) is 5.48. The third-order valence-electron chi connectivity index (χ3n) is 4.53. The van der Waals surface area contributed by atoms with Crippen molar-refractivity contribution in [2.45, 2.75) is 77.9 Å². The molecular weight excluding hydrogens is 278 g/mol. The molecule has 0 spiro atoms. The molecule has 2 rings (SSSR count). The fraction of sp³-hybridized carbons (Fsp3) is 0.882. The molecule has 2 aliphatic rings. The first-order valence-corrected chi connectivity index (χ1v) is 8.59. The third-order valence-corrected chi connectivity index (χ3v) is 4.53. The van der Waals surface area contributed by atoms with Gasteiger partial charge >= 0.3 is 0 Å². The van der Waals surface area contributed by atoms with Gasteiger partial charge < -0.3 is 15.5 Å². The number of piperidine rings is 1. The third kappa shape index (κ3) is 4.70. The van der Waals surface area contributed by atoms with Gasteiger partial charge in [0, 0.05) is 25.0 Å². The summed E-state index contributed by atoms with van der Waals surface area (Å²) in [5, 5.41) is 6.56. The Morgan fingerprint density at radius 3 is 2.64 bits per heavy atom. The molecule has 126 valence electrons. The first kappa shape index (κ1) is 17.3. The molecule has 2 aliphatic heterocycles. The molecule has 2 N–H and O–H groups in total. The van der Waals surface area contributed by atoms with Crippen LogP contribution in [-0.4, -0.2) is 47.9 Å². The van der Waals surface area contributed by atoms with E-state index in [2.05, 4.69) is 38.3 Å². The van der Waals surface area contributed by atoms with Crippen LogP contribution in [0.5, 0.6) is 0 Å². The number of rotatable bonds is 3. The van der Waals surface area contributed by atoms with Gasteiger partial charge in [-0.1, -0.05) is 20.8 Å². The molecule has 0 aliphatic carbocycles. The van der Waals surface area contributed by atoms with Crippen LogP contribution in [0, 0.1) is 5.41 Å². The van der Waals surface area contributed by atoms with E-state index < -0.39 is 0 Å². The second-order valence-corrected chi connectivity index (χ2v) is 8.07. The van der Waals surface area contributed by atoms with Gasteiger partial charge in [-0.3, -0.25) is 9.59 Å². The second-order valence-electron chi connectivity index (χ2n) is 8.07.